The topological polar surface area (TPSA) is 58.3 Å². The summed E-state index contributed by atoms with van der Waals surface area (Å²) in [6.45, 7) is 9.54. The Morgan fingerprint density at radius 2 is 1.94 bits per heavy atom. The van der Waals surface area contributed by atoms with Crippen molar-refractivity contribution in [2.45, 2.75) is 13.8 Å². The molecule has 0 spiro atoms. The number of hydrogen-bond acceptors (Lipinski definition) is 5. The van der Waals surface area contributed by atoms with Gasteiger partial charge in [0, 0.05) is 31.7 Å². The number of nitrogens with zero attached hydrogens (tertiary/aromatic N) is 4. The number of aromatic nitrogens is 2. The van der Waals surface area contributed by atoms with Crippen LogP contribution in [0.25, 0.3) is 0 Å². The maximum absolute atomic E-state index is 5.79. The fourth-order valence-corrected chi connectivity index (χ4v) is 2.05. The molecule has 1 aromatic heterocycles. The average molecular weight is 221 g/mol. The molecule has 5 nitrogen and oxygen atoms in total. The number of rotatable bonds is 2. The van der Waals surface area contributed by atoms with Gasteiger partial charge in [-0.2, -0.15) is 0 Å². The average Bonchev–Trinajstić information content (AvgIpc) is 2.33. The first-order chi connectivity index (χ1) is 7.72. The van der Waals surface area contributed by atoms with E-state index >= 15 is 0 Å². The molecular formula is C11H19N5. The molecule has 1 aromatic rings. The quantitative estimate of drug-likeness (QED) is 0.788. The summed E-state index contributed by atoms with van der Waals surface area (Å²) in [6, 6.07) is 0. The first kappa shape index (κ1) is 11.1. The first-order valence-corrected chi connectivity index (χ1v) is 5.76. The lowest BCUT2D eigenvalue weighted by molar-refractivity contribution is 0.270. The van der Waals surface area contributed by atoms with Gasteiger partial charge in [-0.05, 0) is 13.5 Å². The van der Waals surface area contributed by atoms with Crippen LogP contribution in [0.5, 0.6) is 0 Å². The van der Waals surface area contributed by atoms with E-state index in [9.17, 15) is 0 Å². The molecule has 0 atom stereocenters. The minimum Gasteiger partial charge on any atom is -0.383 e. The Kier molecular flexibility index (Phi) is 3.24. The standard InChI is InChI=1S/C11H19N5/c1-3-15-4-6-16(7-5-15)11-9(2)10(12)13-8-14-11/h8H,3-7H2,1-2H3,(H2,12,13,14). The Bertz CT molecular complexity index is 357. The maximum Gasteiger partial charge on any atom is 0.137 e. The molecule has 0 aliphatic carbocycles. The molecule has 1 aliphatic heterocycles. The summed E-state index contributed by atoms with van der Waals surface area (Å²) in [4.78, 5) is 13.1. The number of nitrogen functional groups attached to an aromatic ring is 1. The summed E-state index contributed by atoms with van der Waals surface area (Å²) in [5.74, 6) is 1.58. The third-order valence-electron chi connectivity index (χ3n) is 3.22. The van der Waals surface area contributed by atoms with E-state index in [0.717, 1.165) is 44.1 Å². The van der Waals surface area contributed by atoms with Gasteiger partial charge in [-0.3, -0.25) is 0 Å². The second-order valence-corrected chi connectivity index (χ2v) is 4.13. The van der Waals surface area contributed by atoms with Crippen molar-refractivity contribution in [2.24, 2.45) is 0 Å². The third-order valence-corrected chi connectivity index (χ3v) is 3.22. The highest BCUT2D eigenvalue weighted by Crippen LogP contribution is 2.20. The van der Waals surface area contributed by atoms with Gasteiger partial charge in [-0.1, -0.05) is 6.92 Å². The van der Waals surface area contributed by atoms with Crippen molar-refractivity contribution in [1.29, 1.82) is 0 Å². The monoisotopic (exact) mass is 221 g/mol. The van der Waals surface area contributed by atoms with Gasteiger partial charge in [0.2, 0.25) is 0 Å². The molecule has 5 heteroatoms. The SMILES string of the molecule is CCN1CCN(c2ncnc(N)c2C)CC1. The number of likely N-dealkylation sites (N-methyl/N-ethyl adjacent to an activating group) is 1. The number of hydrogen-bond donors (Lipinski definition) is 1. The smallest absolute Gasteiger partial charge is 0.137 e. The number of anilines is 2. The summed E-state index contributed by atoms with van der Waals surface area (Å²) >= 11 is 0. The van der Waals surface area contributed by atoms with Gasteiger partial charge >= 0.3 is 0 Å². The molecule has 0 bridgehead atoms. The predicted octanol–water partition coefficient (Wildman–Crippen LogP) is 0.509. The van der Waals surface area contributed by atoms with Crippen LogP contribution in [0.15, 0.2) is 6.33 Å². The molecule has 0 unspecified atom stereocenters. The molecule has 1 saturated heterocycles. The highest BCUT2D eigenvalue weighted by Gasteiger charge is 2.18. The van der Waals surface area contributed by atoms with E-state index in [1.165, 1.54) is 0 Å². The van der Waals surface area contributed by atoms with E-state index in [2.05, 4.69) is 26.7 Å². The zero-order valence-corrected chi connectivity index (χ0v) is 9.98. The third kappa shape index (κ3) is 2.09. The van der Waals surface area contributed by atoms with Crippen molar-refractivity contribution in [3.8, 4) is 0 Å². The molecule has 0 radical (unpaired) electrons. The van der Waals surface area contributed by atoms with Crippen LogP contribution < -0.4 is 10.6 Å². The zero-order chi connectivity index (χ0) is 11.5. The van der Waals surface area contributed by atoms with E-state index in [1.807, 2.05) is 6.92 Å². The number of piperazine rings is 1. The van der Waals surface area contributed by atoms with E-state index in [4.69, 9.17) is 5.73 Å². The summed E-state index contributed by atoms with van der Waals surface area (Å²) in [5, 5.41) is 0. The fourth-order valence-electron chi connectivity index (χ4n) is 2.05. The Labute approximate surface area is 96.3 Å². The minimum atomic E-state index is 0.586. The van der Waals surface area contributed by atoms with Gasteiger partial charge in [0.05, 0.1) is 0 Å². The summed E-state index contributed by atoms with van der Waals surface area (Å²) in [6.07, 6.45) is 1.55. The molecule has 2 heterocycles. The number of nitrogens with two attached hydrogens (primary N) is 1. The summed E-state index contributed by atoms with van der Waals surface area (Å²) in [5.41, 5.74) is 6.79. The Hall–Kier alpha value is -1.36. The molecule has 1 fully saturated rings. The van der Waals surface area contributed by atoms with Gasteiger partial charge < -0.3 is 15.5 Å². The van der Waals surface area contributed by atoms with Gasteiger partial charge in [0.15, 0.2) is 0 Å². The van der Waals surface area contributed by atoms with Gasteiger partial charge in [0.25, 0.3) is 0 Å². The molecule has 0 amide bonds. The fraction of sp³-hybridized carbons (Fsp3) is 0.636. The van der Waals surface area contributed by atoms with Crippen LogP contribution in [0.4, 0.5) is 11.6 Å². The molecule has 16 heavy (non-hydrogen) atoms. The molecular weight excluding hydrogens is 202 g/mol. The van der Waals surface area contributed by atoms with Gasteiger partial charge in [0.1, 0.15) is 18.0 Å². The second-order valence-electron chi connectivity index (χ2n) is 4.13. The zero-order valence-electron chi connectivity index (χ0n) is 9.98. The lowest BCUT2D eigenvalue weighted by Gasteiger charge is -2.35. The van der Waals surface area contributed by atoms with E-state index in [1.54, 1.807) is 6.33 Å². The predicted molar refractivity (Wildman–Crippen MR) is 65.5 cm³/mol. The van der Waals surface area contributed by atoms with Crippen LogP contribution in [-0.2, 0) is 0 Å². The highest BCUT2D eigenvalue weighted by molar-refractivity contribution is 5.55. The summed E-state index contributed by atoms with van der Waals surface area (Å²) < 4.78 is 0. The minimum absolute atomic E-state index is 0.586. The lowest BCUT2D eigenvalue weighted by atomic mass is 10.2. The highest BCUT2D eigenvalue weighted by atomic mass is 15.3. The molecule has 0 aromatic carbocycles. The summed E-state index contributed by atoms with van der Waals surface area (Å²) in [7, 11) is 0. The van der Waals surface area contributed by atoms with Gasteiger partial charge in [-0.25, -0.2) is 9.97 Å². The Morgan fingerprint density at radius 1 is 1.25 bits per heavy atom. The van der Waals surface area contributed by atoms with Crippen molar-refractivity contribution in [1.82, 2.24) is 14.9 Å². The van der Waals surface area contributed by atoms with Gasteiger partial charge in [-0.15, -0.1) is 0 Å². The molecule has 88 valence electrons. The largest absolute Gasteiger partial charge is 0.383 e. The van der Waals surface area contributed by atoms with E-state index < -0.39 is 0 Å². The van der Waals surface area contributed by atoms with Crippen LogP contribution in [0.1, 0.15) is 12.5 Å². The van der Waals surface area contributed by atoms with Crippen molar-refractivity contribution < 1.29 is 0 Å². The molecule has 2 rings (SSSR count). The Morgan fingerprint density at radius 3 is 2.56 bits per heavy atom. The Balaban J connectivity index is 2.11. The van der Waals surface area contributed by atoms with Crippen molar-refractivity contribution in [3.63, 3.8) is 0 Å². The lowest BCUT2D eigenvalue weighted by Crippen LogP contribution is -2.46. The molecule has 0 saturated carbocycles. The maximum atomic E-state index is 5.79. The van der Waals surface area contributed by atoms with Crippen LogP contribution in [0.3, 0.4) is 0 Å². The second kappa shape index (κ2) is 4.65. The molecule has 1 aliphatic rings. The van der Waals surface area contributed by atoms with Crippen LogP contribution >= 0.6 is 0 Å². The van der Waals surface area contributed by atoms with Crippen molar-refractivity contribution >= 4 is 11.6 Å². The van der Waals surface area contributed by atoms with Crippen LogP contribution in [0.2, 0.25) is 0 Å². The molecule has 2 N–H and O–H groups in total. The van der Waals surface area contributed by atoms with E-state index in [-0.39, 0.29) is 0 Å². The van der Waals surface area contributed by atoms with Crippen molar-refractivity contribution in [3.05, 3.63) is 11.9 Å². The van der Waals surface area contributed by atoms with Crippen molar-refractivity contribution in [2.75, 3.05) is 43.4 Å². The normalized spacial score (nSPS) is 17.8. The van der Waals surface area contributed by atoms with Crippen LogP contribution in [0, 0.1) is 6.92 Å². The first-order valence-electron chi connectivity index (χ1n) is 5.76. The van der Waals surface area contributed by atoms with E-state index in [0.29, 0.717) is 5.82 Å². The van der Waals surface area contributed by atoms with Crippen LogP contribution in [-0.4, -0.2) is 47.6 Å².